The Labute approximate surface area is 94.1 Å². The predicted octanol–water partition coefficient (Wildman–Crippen LogP) is 1.42. The Hall–Kier alpha value is -0.720. The summed E-state index contributed by atoms with van der Waals surface area (Å²) in [5.41, 5.74) is 5.81. The van der Waals surface area contributed by atoms with Crippen LogP contribution < -0.4 is 10.9 Å². The van der Waals surface area contributed by atoms with E-state index in [1.54, 1.807) is 23.9 Å². The Bertz CT molecular complexity index is 443. The van der Waals surface area contributed by atoms with E-state index in [-0.39, 0.29) is 10.6 Å². The maximum atomic E-state index is 11.1. The van der Waals surface area contributed by atoms with Crippen LogP contribution in [0.15, 0.2) is 28.0 Å². The lowest BCUT2D eigenvalue weighted by atomic mass is 10.3. The summed E-state index contributed by atoms with van der Waals surface area (Å²) in [6, 6.07) is 4.80. The van der Waals surface area contributed by atoms with Gasteiger partial charge in [0.25, 0.3) is 0 Å². The van der Waals surface area contributed by atoms with Crippen molar-refractivity contribution in [3.8, 4) is 0 Å². The summed E-state index contributed by atoms with van der Waals surface area (Å²) >= 11 is 1.64. The van der Waals surface area contributed by atoms with E-state index in [0.29, 0.717) is 0 Å². The molecular weight excluding hydrogens is 232 g/mol. The molecule has 0 aliphatic carbocycles. The number of benzene rings is 1. The molecule has 6 heteroatoms. The van der Waals surface area contributed by atoms with Crippen molar-refractivity contribution in [2.75, 3.05) is 11.5 Å². The Morgan fingerprint density at radius 3 is 2.53 bits per heavy atom. The second-order valence-corrected chi connectivity index (χ2v) is 5.79. The van der Waals surface area contributed by atoms with Crippen LogP contribution in [-0.4, -0.2) is 14.2 Å². The van der Waals surface area contributed by atoms with Crippen molar-refractivity contribution in [3.05, 3.63) is 18.2 Å². The van der Waals surface area contributed by atoms with E-state index < -0.39 is 10.0 Å². The van der Waals surface area contributed by atoms with Crippen molar-refractivity contribution in [1.82, 2.24) is 0 Å². The molecule has 1 rings (SSSR count). The monoisotopic (exact) mass is 246 g/mol. The zero-order chi connectivity index (χ0) is 11.5. The van der Waals surface area contributed by atoms with Crippen LogP contribution in [0.4, 0.5) is 5.69 Å². The molecule has 0 aliphatic heterocycles. The SMILES string of the molecule is CCCSc1ccc(S(N)(=O)=O)c(N)c1. The Morgan fingerprint density at radius 1 is 1.40 bits per heavy atom. The molecule has 0 unspecified atom stereocenters. The van der Waals surface area contributed by atoms with Crippen LogP contribution in [-0.2, 0) is 10.0 Å². The van der Waals surface area contributed by atoms with Crippen molar-refractivity contribution in [2.24, 2.45) is 5.14 Å². The molecule has 84 valence electrons. The zero-order valence-corrected chi connectivity index (χ0v) is 10.1. The van der Waals surface area contributed by atoms with Gasteiger partial charge in [-0.1, -0.05) is 6.92 Å². The van der Waals surface area contributed by atoms with Gasteiger partial charge in [0.2, 0.25) is 10.0 Å². The number of hydrogen-bond acceptors (Lipinski definition) is 4. The summed E-state index contributed by atoms with van der Waals surface area (Å²) in [7, 11) is -3.71. The van der Waals surface area contributed by atoms with E-state index in [0.717, 1.165) is 17.1 Å². The van der Waals surface area contributed by atoms with Crippen molar-refractivity contribution in [3.63, 3.8) is 0 Å². The number of nitrogens with two attached hydrogens (primary N) is 2. The summed E-state index contributed by atoms with van der Waals surface area (Å²) in [5.74, 6) is 0.980. The third-order valence-corrected chi connectivity index (χ3v) is 3.95. The molecular formula is C9H14N2O2S2. The van der Waals surface area contributed by atoms with Crippen LogP contribution >= 0.6 is 11.8 Å². The van der Waals surface area contributed by atoms with E-state index in [1.807, 2.05) is 0 Å². The molecule has 0 atom stereocenters. The first kappa shape index (κ1) is 12.4. The van der Waals surface area contributed by atoms with Crippen LogP contribution in [0.2, 0.25) is 0 Å². The highest BCUT2D eigenvalue weighted by atomic mass is 32.2. The molecule has 4 N–H and O–H groups in total. The number of thioether (sulfide) groups is 1. The summed E-state index contributed by atoms with van der Waals surface area (Å²) in [6.45, 7) is 2.08. The van der Waals surface area contributed by atoms with Gasteiger partial charge in [-0.15, -0.1) is 11.8 Å². The van der Waals surface area contributed by atoms with Gasteiger partial charge >= 0.3 is 0 Å². The fourth-order valence-corrected chi connectivity index (χ4v) is 2.55. The molecule has 4 nitrogen and oxygen atoms in total. The maximum Gasteiger partial charge on any atom is 0.240 e. The molecule has 0 amide bonds. The van der Waals surface area contributed by atoms with Gasteiger partial charge < -0.3 is 5.73 Å². The van der Waals surface area contributed by atoms with Crippen LogP contribution in [0.1, 0.15) is 13.3 Å². The number of sulfonamides is 1. The molecule has 15 heavy (non-hydrogen) atoms. The van der Waals surface area contributed by atoms with Crippen molar-refractivity contribution < 1.29 is 8.42 Å². The summed E-state index contributed by atoms with van der Waals surface area (Å²) in [6.07, 6.45) is 1.06. The number of nitrogen functional groups attached to an aromatic ring is 1. The van der Waals surface area contributed by atoms with E-state index in [2.05, 4.69) is 6.92 Å². The van der Waals surface area contributed by atoms with Crippen molar-refractivity contribution >= 4 is 27.5 Å². The highest BCUT2D eigenvalue weighted by molar-refractivity contribution is 7.99. The van der Waals surface area contributed by atoms with Gasteiger partial charge in [0.05, 0.1) is 5.69 Å². The molecule has 1 aromatic rings. The van der Waals surface area contributed by atoms with Gasteiger partial charge in [-0.3, -0.25) is 0 Å². The average Bonchev–Trinajstić information content (AvgIpc) is 2.12. The minimum Gasteiger partial charge on any atom is -0.398 e. The molecule has 0 radical (unpaired) electrons. The quantitative estimate of drug-likeness (QED) is 0.621. The average molecular weight is 246 g/mol. The second-order valence-electron chi connectivity index (χ2n) is 3.09. The molecule has 0 spiro atoms. The number of rotatable bonds is 4. The molecule has 0 aliphatic rings. The second kappa shape index (κ2) is 4.87. The topological polar surface area (TPSA) is 86.2 Å². The van der Waals surface area contributed by atoms with Crippen LogP contribution in [0.5, 0.6) is 0 Å². The Morgan fingerprint density at radius 2 is 2.07 bits per heavy atom. The van der Waals surface area contributed by atoms with Gasteiger partial charge in [0, 0.05) is 4.90 Å². The standard InChI is InChI=1S/C9H14N2O2S2/c1-2-5-14-7-3-4-9(8(10)6-7)15(11,12)13/h3-4,6H,2,5,10H2,1H3,(H2,11,12,13). The lowest BCUT2D eigenvalue weighted by Gasteiger charge is -2.05. The summed E-state index contributed by atoms with van der Waals surface area (Å²) in [5, 5.41) is 4.99. The molecule has 0 heterocycles. The summed E-state index contributed by atoms with van der Waals surface area (Å²) < 4.78 is 22.1. The van der Waals surface area contributed by atoms with Crippen LogP contribution in [0, 0.1) is 0 Å². The molecule has 0 saturated carbocycles. The predicted molar refractivity (Wildman–Crippen MR) is 63.2 cm³/mol. The van der Waals surface area contributed by atoms with Crippen LogP contribution in [0.3, 0.4) is 0 Å². The van der Waals surface area contributed by atoms with Crippen LogP contribution in [0.25, 0.3) is 0 Å². The molecule has 0 aromatic heterocycles. The normalized spacial score (nSPS) is 11.6. The first-order valence-electron chi connectivity index (χ1n) is 4.50. The smallest absolute Gasteiger partial charge is 0.240 e. The third kappa shape index (κ3) is 3.40. The zero-order valence-electron chi connectivity index (χ0n) is 8.43. The first-order chi connectivity index (χ1) is 6.95. The van der Waals surface area contributed by atoms with Gasteiger partial charge in [0.15, 0.2) is 0 Å². The number of primary sulfonamides is 1. The largest absolute Gasteiger partial charge is 0.398 e. The maximum absolute atomic E-state index is 11.1. The van der Waals surface area contributed by atoms with Gasteiger partial charge in [-0.25, -0.2) is 13.6 Å². The van der Waals surface area contributed by atoms with Crippen molar-refractivity contribution in [2.45, 2.75) is 23.1 Å². The minimum absolute atomic E-state index is 0.0108. The van der Waals surface area contributed by atoms with E-state index in [4.69, 9.17) is 10.9 Å². The van der Waals surface area contributed by atoms with Gasteiger partial charge in [0.1, 0.15) is 4.90 Å². The Balaban J connectivity index is 2.99. The summed E-state index contributed by atoms with van der Waals surface area (Å²) in [4.78, 5) is 0.949. The van der Waals surface area contributed by atoms with E-state index >= 15 is 0 Å². The Kier molecular flexibility index (Phi) is 4.01. The lowest BCUT2D eigenvalue weighted by molar-refractivity contribution is 0.598. The molecule has 0 saturated heterocycles. The van der Waals surface area contributed by atoms with Gasteiger partial charge in [-0.05, 0) is 30.4 Å². The fraction of sp³-hybridized carbons (Fsp3) is 0.333. The third-order valence-electron chi connectivity index (χ3n) is 1.76. The molecule has 1 aromatic carbocycles. The highest BCUT2D eigenvalue weighted by Gasteiger charge is 2.11. The lowest BCUT2D eigenvalue weighted by Crippen LogP contribution is -2.14. The van der Waals surface area contributed by atoms with E-state index in [9.17, 15) is 8.42 Å². The first-order valence-corrected chi connectivity index (χ1v) is 7.03. The highest BCUT2D eigenvalue weighted by Crippen LogP contribution is 2.25. The minimum atomic E-state index is -3.71. The number of hydrogen-bond donors (Lipinski definition) is 2. The van der Waals surface area contributed by atoms with Crippen molar-refractivity contribution in [1.29, 1.82) is 0 Å². The molecule has 0 fully saturated rings. The van der Waals surface area contributed by atoms with E-state index in [1.165, 1.54) is 6.07 Å². The van der Waals surface area contributed by atoms with Gasteiger partial charge in [-0.2, -0.15) is 0 Å². The fourth-order valence-electron chi connectivity index (χ4n) is 1.10. The molecule has 0 bridgehead atoms. The number of anilines is 1.